The summed E-state index contributed by atoms with van der Waals surface area (Å²) in [5.74, 6) is 1.56. The number of carbonyl (C=O) groups excluding carboxylic acids is 1. The molecule has 0 atom stereocenters. The average molecular weight is 341 g/mol. The Hall–Kier alpha value is -2.25. The molecule has 3 heterocycles. The summed E-state index contributed by atoms with van der Waals surface area (Å²) in [6.45, 7) is 1.98. The van der Waals surface area contributed by atoms with Gasteiger partial charge in [-0.1, -0.05) is 18.2 Å². The highest BCUT2D eigenvalue weighted by atomic mass is 32.1. The number of carbonyl (C=O) groups is 1. The molecule has 7 heteroatoms. The first-order valence-electron chi connectivity index (χ1n) is 8.12. The number of piperidine rings is 1. The fourth-order valence-corrected chi connectivity index (χ4v) is 3.98. The molecule has 124 valence electrons. The van der Waals surface area contributed by atoms with Crippen LogP contribution in [0.25, 0.3) is 10.1 Å². The van der Waals surface area contributed by atoms with E-state index < -0.39 is 0 Å². The maximum absolute atomic E-state index is 12.5. The predicted molar refractivity (Wildman–Crippen MR) is 95.6 cm³/mol. The molecule has 1 saturated heterocycles. The molecule has 1 amide bonds. The molecule has 1 aliphatic heterocycles. The first-order valence-corrected chi connectivity index (χ1v) is 8.94. The number of hydrogen-bond donors (Lipinski definition) is 2. The summed E-state index contributed by atoms with van der Waals surface area (Å²) in [6.07, 6.45) is 2.07. The Morgan fingerprint density at radius 2 is 2.12 bits per heavy atom. The molecule has 24 heavy (non-hydrogen) atoms. The van der Waals surface area contributed by atoms with E-state index in [9.17, 15) is 4.79 Å². The molecule has 4 rings (SSSR count). The van der Waals surface area contributed by atoms with Gasteiger partial charge in [0, 0.05) is 17.7 Å². The molecule has 1 aliphatic rings. The molecule has 2 aromatic heterocycles. The van der Waals surface area contributed by atoms with Gasteiger partial charge in [-0.2, -0.15) is 10.1 Å². The third kappa shape index (κ3) is 2.92. The minimum atomic E-state index is -0.136. The molecule has 0 radical (unpaired) electrons. The molecule has 6 nitrogen and oxygen atoms in total. The molecule has 0 bridgehead atoms. The Bertz CT molecular complexity index is 845. The van der Waals surface area contributed by atoms with Crippen LogP contribution in [0.2, 0.25) is 0 Å². The van der Waals surface area contributed by atoms with Gasteiger partial charge in [0.2, 0.25) is 5.95 Å². The first-order chi connectivity index (χ1) is 11.7. The number of thiophene rings is 1. The maximum atomic E-state index is 12.5. The van der Waals surface area contributed by atoms with Crippen LogP contribution in [0.4, 0.5) is 5.95 Å². The number of nitrogens with zero attached hydrogens (tertiary/aromatic N) is 3. The molecule has 3 aromatic rings. The number of aromatic nitrogens is 3. The van der Waals surface area contributed by atoms with Crippen LogP contribution in [-0.4, -0.2) is 33.8 Å². The molecular weight excluding hydrogens is 322 g/mol. The van der Waals surface area contributed by atoms with Crippen molar-refractivity contribution in [3.05, 3.63) is 41.0 Å². The molecule has 0 spiro atoms. The van der Waals surface area contributed by atoms with Gasteiger partial charge < -0.3 is 5.32 Å². The van der Waals surface area contributed by atoms with Crippen LogP contribution in [0.15, 0.2) is 30.3 Å². The van der Waals surface area contributed by atoms with Crippen molar-refractivity contribution >= 4 is 33.3 Å². The maximum Gasteiger partial charge on any atom is 0.268 e. The van der Waals surface area contributed by atoms with Gasteiger partial charge in [0.25, 0.3) is 5.91 Å². The number of fused-ring (bicyclic) bond motifs is 1. The highest BCUT2D eigenvalue weighted by molar-refractivity contribution is 7.20. The summed E-state index contributed by atoms with van der Waals surface area (Å²) < 4.78 is 2.76. The Morgan fingerprint density at radius 3 is 2.92 bits per heavy atom. The van der Waals surface area contributed by atoms with Crippen molar-refractivity contribution in [2.75, 3.05) is 18.4 Å². The topological polar surface area (TPSA) is 71.8 Å². The summed E-state index contributed by atoms with van der Waals surface area (Å²) >= 11 is 1.49. The van der Waals surface area contributed by atoms with Gasteiger partial charge in [0.15, 0.2) is 5.82 Å². The zero-order valence-electron chi connectivity index (χ0n) is 13.5. The van der Waals surface area contributed by atoms with Gasteiger partial charge in [-0.05, 0) is 43.5 Å². The van der Waals surface area contributed by atoms with E-state index in [0.29, 0.717) is 16.7 Å². The molecule has 1 aromatic carbocycles. The zero-order chi connectivity index (χ0) is 16.5. The fraction of sp³-hybridized carbons (Fsp3) is 0.353. The van der Waals surface area contributed by atoms with Crippen molar-refractivity contribution in [1.82, 2.24) is 20.1 Å². The average Bonchev–Trinajstić information content (AvgIpc) is 3.20. The van der Waals surface area contributed by atoms with Crippen LogP contribution < -0.4 is 10.6 Å². The molecule has 1 fully saturated rings. The minimum absolute atomic E-state index is 0.136. The van der Waals surface area contributed by atoms with Gasteiger partial charge in [-0.3, -0.25) is 10.1 Å². The summed E-state index contributed by atoms with van der Waals surface area (Å²) in [5.41, 5.74) is 0. The van der Waals surface area contributed by atoms with Crippen LogP contribution in [0.5, 0.6) is 0 Å². The van der Waals surface area contributed by atoms with E-state index in [1.807, 2.05) is 37.4 Å². The van der Waals surface area contributed by atoms with Crippen LogP contribution in [0.3, 0.4) is 0 Å². The van der Waals surface area contributed by atoms with Gasteiger partial charge in [0.1, 0.15) is 0 Å². The quantitative estimate of drug-likeness (QED) is 0.768. The van der Waals surface area contributed by atoms with E-state index in [-0.39, 0.29) is 5.91 Å². The fourth-order valence-electron chi connectivity index (χ4n) is 3.02. The number of anilines is 1. The van der Waals surface area contributed by atoms with Crippen molar-refractivity contribution in [1.29, 1.82) is 0 Å². The molecular formula is C17H19N5OS. The number of hydrogen-bond acceptors (Lipinski definition) is 5. The second-order valence-electron chi connectivity index (χ2n) is 6.04. The van der Waals surface area contributed by atoms with E-state index in [2.05, 4.69) is 20.7 Å². The Balaban J connectivity index is 1.53. The van der Waals surface area contributed by atoms with Crippen LogP contribution in [-0.2, 0) is 7.05 Å². The van der Waals surface area contributed by atoms with Crippen molar-refractivity contribution < 1.29 is 4.79 Å². The van der Waals surface area contributed by atoms with E-state index in [1.54, 1.807) is 4.68 Å². The number of benzene rings is 1. The molecule has 0 unspecified atom stereocenters. The van der Waals surface area contributed by atoms with Crippen LogP contribution in [0.1, 0.15) is 34.3 Å². The SMILES string of the molecule is Cn1nc(C2CCNCC2)nc1NC(=O)c1cc2ccccc2s1. The standard InChI is InChI=1S/C17H19N5OS/c1-22-17(19-15(21-22)11-6-8-18-9-7-11)20-16(23)14-10-12-4-2-3-5-13(12)24-14/h2-5,10-11,18H,6-9H2,1H3,(H,19,20,21,23). The van der Waals surface area contributed by atoms with Gasteiger partial charge in [0.05, 0.1) is 4.88 Å². The highest BCUT2D eigenvalue weighted by Crippen LogP contribution is 2.26. The number of aryl methyl sites for hydroxylation is 1. The lowest BCUT2D eigenvalue weighted by molar-refractivity contribution is 0.102. The Kier molecular flexibility index (Phi) is 4.03. The largest absolute Gasteiger partial charge is 0.317 e. The third-order valence-corrected chi connectivity index (χ3v) is 5.47. The monoisotopic (exact) mass is 341 g/mol. The minimum Gasteiger partial charge on any atom is -0.317 e. The van der Waals surface area contributed by atoms with Gasteiger partial charge in [-0.15, -0.1) is 11.3 Å². The zero-order valence-corrected chi connectivity index (χ0v) is 14.3. The summed E-state index contributed by atoms with van der Waals surface area (Å²) in [7, 11) is 1.82. The van der Waals surface area contributed by atoms with Crippen molar-refractivity contribution in [3.63, 3.8) is 0 Å². The van der Waals surface area contributed by atoms with Crippen molar-refractivity contribution in [3.8, 4) is 0 Å². The van der Waals surface area contributed by atoms with Gasteiger partial charge in [-0.25, -0.2) is 4.68 Å². The smallest absolute Gasteiger partial charge is 0.268 e. The van der Waals surface area contributed by atoms with Crippen molar-refractivity contribution in [2.45, 2.75) is 18.8 Å². The Morgan fingerprint density at radius 1 is 1.33 bits per heavy atom. The number of rotatable bonds is 3. The van der Waals surface area contributed by atoms with E-state index >= 15 is 0 Å². The summed E-state index contributed by atoms with van der Waals surface area (Å²) in [6, 6.07) is 9.91. The first kappa shape index (κ1) is 15.3. The molecule has 0 aliphatic carbocycles. The highest BCUT2D eigenvalue weighted by Gasteiger charge is 2.21. The second-order valence-corrected chi connectivity index (χ2v) is 7.13. The summed E-state index contributed by atoms with van der Waals surface area (Å²) in [4.78, 5) is 17.8. The van der Waals surface area contributed by atoms with Crippen LogP contribution >= 0.6 is 11.3 Å². The van der Waals surface area contributed by atoms with Crippen LogP contribution in [0, 0.1) is 0 Å². The predicted octanol–water partition coefficient (Wildman–Crippen LogP) is 2.75. The summed E-state index contributed by atoms with van der Waals surface area (Å²) in [5, 5.41) is 11.8. The lowest BCUT2D eigenvalue weighted by Crippen LogP contribution is -2.27. The number of nitrogens with one attached hydrogen (secondary N) is 2. The van der Waals surface area contributed by atoms with E-state index in [4.69, 9.17) is 0 Å². The lowest BCUT2D eigenvalue weighted by Gasteiger charge is -2.19. The second kappa shape index (κ2) is 6.33. The molecule has 2 N–H and O–H groups in total. The van der Waals surface area contributed by atoms with Gasteiger partial charge >= 0.3 is 0 Å². The normalized spacial score (nSPS) is 15.7. The number of amides is 1. The van der Waals surface area contributed by atoms with E-state index in [1.165, 1.54) is 11.3 Å². The van der Waals surface area contributed by atoms with Crippen molar-refractivity contribution in [2.24, 2.45) is 7.05 Å². The third-order valence-electron chi connectivity index (χ3n) is 4.36. The lowest BCUT2D eigenvalue weighted by atomic mass is 9.98. The Labute approximate surface area is 143 Å². The van der Waals surface area contributed by atoms with E-state index in [0.717, 1.165) is 41.8 Å². The molecule has 0 saturated carbocycles.